The zero-order valence-corrected chi connectivity index (χ0v) is 25.5. The summed E-state index contributed by atoms with van der Waals surface area (Å²) in [6, 6.07) is 5.65. The first-order valence-electron chi connectivity index (χ1n) is 14.4. The molecule has 0 radical (unpaired) electrons. The molecular formula is C30H26Cl2FN7O6. The van der Waals surface area contributed by atoms with Crippen molar-refractivity contribution >= 4 is 64.3 Å². The van der Waals surface area contributed by atoms with E-state index in [0.29, 0.717) is 25.9 Å². The van der Waals surface area contributed by atoms with Crippen LogP contribution in [0.1, 0.15) is 72.8 Å². The molecule has 1 aromatic heterocycles. The molecular weight excluding hydrogens is 644 g/mol. The van der Waals surface area contributed by atoms with Crippen LogP contribution in [0, 0.1) is 5.82 Å². The van der Waals surface area contributed by atoms with Gasteiger partial charge in [0.25, 0.3) is 23.6 Å². The molecule has 2 fully saturated rings. The molecule has 13 nitrogen and oxygen atoms in total. The van der Waals surface area contributed by atoms with Gasteiger partial charge in [-0.25, -0.2) is 4.39 Å². The Morgan fingerprint density at radius 3 is 2.33 bits per heavy atom. The number of aromatic amines is 1. The Morgan fingerprint density at radius 2 is 1.65 bits per heavy atom. The molecule has 46 heavy (non-hydrogen) atoms. The van der Waals surface area contributed by atoms with Crippen LogP contribution >= 0.6 is 23.2 Å². The zero-order valence-electron chi connectivity index (χ0n) is 24.0. The minimum Gasteiger partial charge on any atom is -0.348 e. The summed E-state index contributed by atoms with van der Waals surface area (Å²) in [4.78, 5) is 78.5. The summed E-state index contributed by atoms with van der Waals surface area (Å²) in [5.74, 6) is -4.45. The molecule has 2 aromatic carbocycles. The summed E-state index contributed by atoms with van der Waals surface area (Å²) in [6.07, 6.45) is 2.35. The summed E-state index contributed by atoms with van der Waals surface area (Å²) < 4.78 is 15.1. The number of hydrogen-bond acceptors (Lipinski definition) is 8. The Morgan fingerprint density at radius 1 is 0.978 bits per heavy atom. The number of halogens is 3. The third-order valence-electron chi connectivity index (χ3n) is 8.23. The lowest BCUT2D eigenvalue weighted by atomic mass is 10.0. The third-order valence-corrected chi connectivity index (χ3v) is 8.86. The fourth-order valence-electron chi connectivity index (χ4n) is 5.84. The van der Waals surface area contributed by atoms with Crippen LogP contribution in [0.25, 0.3) is 0 Å². The first-order valence-corrected chi connectivity index (χ1v) is 15.1. The number of rotatable bonds is 7. The van der Waals surface area contributed by atoms with Crippen molar-refractivity contribution in [1.82, 2.24) is 30.6 Å². The molecule has 3 aliphatic heterocycles. The molecule has 6 rings (SSSR count). The van der Waals surface area contributed by atoms with Crippen molar-refractivity contribution in [3.05, 3.63) is 80.3 Å². The number of nitrogens with zero attached hydrogens (tertiary/aromatic N) is 3. The number of amides is 6. The molecule has 0 saturated carbocycles. The van der Waals surface area contributed by atoms with Crippen molar-refractivity contribution in [1.29, 1.82) is 0 Å². The monoisotopic (exact) mass is 669 g/mol. The van der Waals surface area contributed by atoms with Crippen LogP contribution in [0.4, 0.5) is 10.1 Å². The molecule has 3 aromatic rings. The van der Waals surface area contributed by atoms with Crippen LogP contribution in [0.15, 0.2) is 36.5 Å². The van der Waals surface area contributed by atoms with Crippen LogP contribution in [-0.4, -0.2) is 80.6 Å². The average Bonchev–Trinajstić information content (AvgIpc) is 3.56. The van der Waals surface area contributed by atoms with Gasteiger partial charge in [0.15, 0.2) is 0 Å². The summed E-state index contributed by atoms with van der Waals surface area (Å²) in [7, 11) is 0. The molecule has 4 heterocycles. The second kappa shape index (κ2) is 12.6. The highest BCUT2D eigenvalue weighted by molar-refractivity contribution is 6.40. The molecule has 0 bridgehead atoms. The van der Waals surface area contributed by atoms with Crippen molar-refractivity contribution in [2.45, 2.75) is 44.3 Å². The van der Waals surface area contributed by atoms with Crippen LogP contribution in [0.2, 0.25) is 10.0 Å². The highest BCUT2D eigenvalue weighted by atomic mass is 35.5. The van der Waals surface area contributed by atoms with Crippen LogP contribution in [0.5, 0.6) is 0 Å². The smallest absolute Gasteiger partial charge is 0.271 e. The van der Waals surface area contributed by atoms with E-state index in [9.17, 15) is 28.8 Å². The van der Waals surface area contributed by atoms with Gasteiger partial charge < -0.3 is 10.6 Å². The second-order valence-electron chi connectivity index (χ2n) is 11.2. The van der Waals surface area contributed by atoms with E-state index >= 15 is 4.39 Å². The van der Waals surface area contributed by atoms with Gasteiger partial charge in [0.2, 0.25) is 11.8 Å². The number of fused-ring (bicyclic) bond motifs is 1. The van der Waals surface area contributed by atoms with Crippen LogP contribution in [0.3, 0.4) is 0 Å². The molecule has 16 heteroatoms. The first kappa shape index (κ1) is 31.3. The van der Waals surface area contributed by atoms with Crippen LogP contribution in [-0.2, 0) is 16.1 Å². The third kappa shape index (κ3) is 5.98. The largest absolute Gasteiger partial charge is 0.348 e. The second-order valence-corrected chi connectivity index (χ2v) is 12.0. The number of likely N-dealkylation sites (tertiary alicyclic amines) is 1. The average molecular weight is 670 g/mol. The number of anilines is 1. The Kier molecular flexibility index (Phi) is 8.59. The van der Waals surface area contributed by atoms with Gasteiger partial charge in [-0.3, -0.25) is 49.0 Å². The van der Waals surface area contributed by atoms with Gasteiger partial charge in [-0.2, -0.15) is 5.10 Å². The van der Waals surface area contributed by atoms with Gasteiger partial charge >= 0.3 is 0 Å². The molecule has 1 atom stereocenters. The summed E-state index contributed by atoms with van der Waals surface area (Å²) >= 11 is 12.2. The summed E-state index contributed by atoms with van der Waals surface area (Å²) in [5.41, 5.74) is 0.350. The summed E-state index contributed by atoms with van der Waals surface area (Å²) in [5, 5.41) is 14.4. The molecule has 0 aliphatic carbocycles. The van der Waals surface area contributed by atoms with Gasteiger partial charge in [0.1, 0.15) is 17.6 Å². The van der Waals surface area contributed by atoms with E-state index in [2.05, 4.69) is 26.1 Å². The normalized spacial score (nSPS) is 18.8. The standard InChI is InChI=1S/C30H26Cl2FN7O6/c31-18-2-1-3-19(32)24(18)27(43)36-21-12-34-38-25(21)28(44)35-15-6-8-39(9-7-15)13-14-10-16-17(11-20(14)33)30(46)40(29(16)45)22-4-5-23(41)37-26(22)42/h1-3,10-12,15,22H,4-9,13H2,(H,34,38)(H,35,44)(H,36,43)(H,37,41,42). The Balaban J connectivity index is 1.05. The van der Waals surface area contributed by atoms with Crippen molar-refractivity contribution in [2.24, 2.45) is 0 Å². The lowest BCUT2D eigenvalue weighted by molar-refractivity contribution is -0.136. The maximum absolute atomic E-state index is 15.1. The number of aromatic nitrogens is 2. The maximum Gasteiger partial charge on any atom is 0.271 e. The number of carbonyl (C=O) groups is 6. The number of benzene rings is 2. The van der Waals surface area contributed by atoms with Gasteiger partial charge in [-0.1, -0.05) is 29.3 Å². The first-order chi connectivity index (χ1) is 22.0. The Labute approximate surface area is 270 Å². The topological polar surface area (TPSA) is 174 Å². The highest BCUT2D eigenvalue weighted by Gasteiger charge is 2.45. The molecule has 1 unspecified atom stereocenters. The fraction of sp³-hybridized carbons (Fsp3) is 0.300. The summed E-state index contributed by atoms with van der Waals surface area (Å²) in [6.45, 7) is 1.14. The highest BCUT2D eigenvalue weighted by Crippen LogP contribution is 2.31. The molecule has 3 aliphatic rings. The van der Waals surface area contributed by atoms with E-state index in [1.54, 1.807) is 6.07 Å². The van der Waals surface area contributed by atoms with Gasteiger partial charge in [-0.05, 0) is 43.5 Å². The fourth-order valence-corrected chi connectivity index (χ4v) is 6.41. The number of H-pyrrole nitrogens is 1. The number of hydrogen-bond donors (Lipinski definition) is 4. The van der Waals surface area contributed by atoms with E-state index in [0.717, 1.165) is 11.0 Å². The lowest BCUT2D eigenvalue weighted by Crippen LogP contribution is -2.54. The van der Waals surface area contributed by atoms with E-state index in [1.807, 2.05) is 4.90 Å². The van der Waals surface area contributed by atoms with Crippen molar-refractivity contribution in [3.8, 4) is 0 Å². The zero-order chi connectivity index (χ0) is 32.7. The predicted molar refractivity (Wildman–Crippen MR) is 162 cm³/mol. The van der Waals surface area contributed by atoms with Crippen LogP contribution < -0.4 is 16.0 Å². The number of nitrogens with one attached hydrogen (secondary N) is 4. The van der Waals surface area contributed by atoms with E-state index in [1.165, 1.54) is 24.4 Å². The molecule has 2 saturated heterocycles. The SMILES string of the molecule is O=C1CCC(N2C(=O)c3cc(F)c(CN4CCC(NC(=O)c5[nH]ncc5NC(=O)c5c(Cl)cccc5Cl)CC4)cc3C2=O)C(=O)N1. The quantitative estimate of drug-likeness (QED) is 0.278. The van der Waals surface area contributed by atoms with E-state index in [4.69, 9.17) is 23.2 Å². The number of piperidine rings is 2. The van der Waals surface area contributed by atoms with Gasteiger partial charge in [-0.15, -0.1) is 0 Å². The Hall–Kier alpha value is -4.66. The Bertz CT molecular complexity index is 1790. The van der Waals surface area contributed by atoms with Crippen molar-refractivity contribution in [3.63, 3.8) is 0 Å². The lowest BCUT2D eigenvalue weighted by Gasteiger charge is -2.32. The van der Waals surface area contributed by atoms with Crippen molar-refractivity contribution in [2.75, 3.05) is 18.4 Å². The minimum atomic E-state index is -1.14. The number of carbonyl (C=O) groups excluding carboxylic acids is 6. The van der Waals surface area contributed by atoms with Crippen molar-refractivity contribution < 1.29 is 33.2 Å². The van der Waals surface area contributed by atoms with Gasteiger partial charge in [0.05, 0.1) is 38.6 Å². The molecule has 4 N–H and O–H groups in total. The minimum absolute atomic E-state index is 0.00467. The predicted octanol–water partition coefficient (Wildman–Crippen LogP) is 2.90. The maximum atomic E-state index is 15.1. The van der Waals surface area contributed by atoms with Gasteiger partial charge in [0, 0.05) is 37.7 Å². The molecule has 6 amide bonds. The van der Waals surface area contributed by atoms with E-state index < -0.39 is 47.3 Å². The molecule has 238 valence electrons. The van der Waals surface area contributed by atoms with E-state index in [-0.39, 0.29) is 69.1 Å². The number of imide groups is 2. The molecule has 0 spiro atoms.